The van der Waals surface area contributed by atoms with Crippen molar-refractivity contribution in [2.24, 2.45) is 11.7 Å². The molecule has 0 spiro atoms. The van der Waals surface area contributed by atoms with E-state index in [9.17, 15) is 18.0 Å². The predicted octanol–water partition coefficient (Wildman–Crippen LogP) is -0.583. The maximum atomic E-state index is 12.5. The van der Waals surface area contributed by atoms with E-state index in [0.717, 1.165) is 17.8 Å². The molecule has 1 saturated heterocycles. The van der Waals surface area contributed by atoms with Gasteiger partial charge in [-0.3, -0.25) is 9.59 Å². The van der Waals surface area contributed by atoms with Crippen LogP contribution in [0.25, 0.3) is 0 Å². The molecule has 2 amide bonds. The van der Waals surface area contributed by atoms with E-state index < -0.39 is 22.0 Å². The molecule has 126 valence electrons. The molecule has 0 aromatic carbocycles. The van der Waals surface area contributed by atoms with E-state index in [1.54, 1.807) is 0 Å². The Morgan fingerprint density at radius 3 is 2.74 bits per heavy atom. The fourth-order valence-electron chi connectivity index (χ4n) is 3.10. The number of amides is 2. The predicted molar refractivity (Wildman–Crippen MR) is 82.4 cm³/mol. The van der Waals surface area contributed by atoms with Gasteiger partial charge in [-0.2, -0.15) is 0 Å². The molecule has 1 aliphatic carbocycles. The highest BCUT2D eigenvalue weighted by Crippen LogP contribution is 2.40. The van der Waals surface area contributed by atoms with Gasteiger partial charge in [0, 0.05) is 24.8 Å². The van der Waals surface area contributed by atoms with Gasteiger partial charge in [-0.15, -0.1) is 11.3 Å². The average Bonchev–Trinajstić information content (AvgIpc) is 3.10. The van der Waals surface area contributed by atoms with Crippen molar-refractivity contribution < 1.29 is 22.7 Å². The summed E-state index contributed by atoms with van der Waals surface area (Å²) in [6.45, 7) is 1.93. The van der Waals surface area contributed by atoms with E-state index in [1.165, 1.54) is 18.4 Å². The maximum Gasteiger partial charge on any atom is 0.250 e. The number of sulfonamides is 1. The van der Waals surface area contributed by atoms with Gasteiger partial charge in [0.2, 0.25) is 21.8 Å². The monoisotopic (exact) mass is 359 g/mol. The van der Waals surface area contributed by atoms with Gasteiger partial charge in [0.1, 0.15) is 4.21 Å². The maximum absolute atomic E-state index is 12.5. The van der Waals surface area contributed by atoms with E-state index in [0.29, 0.717) is 6.61 Å². The molecule has 2 aliphatic rings. The fraction of sp³-hybridized carbons (Fsp3) is 0.538. The third-order valence-electron chi connectivity index (χ3n) is 4.17. The molecule has 1 aromatic heterocycles. The van der Waals surface area contributed by atoms with Crippen LogP contribution >= 0.6 is 11.3 Å². The topological polar surface area (TPSA) is 128 Å². The van der Waals surface area contributed by atoms with Crippen LogP contribution in [0, 0.1) is 5.92 Å². The molecule has 1 aliphatic heterocycles. The summed E-state index contributed by atoms with van der Waals surface area (Å²) in [6.07, 6.45) is 0.585. The molecule has 8 nitrogen and oxygen atoms in total. The Morgan fingerprint density at radius 1 is 1.39 bits per heavy atom. The smallest absolute Gasteiger partial charge is 0.250 e. The summed E-state index contributed by atoms with van der Waals surface area (Å²) >= 11 is 0.932. The average molecular weight is 359 g/mol. The summed E-state index contributed by atoms with van der Waals surface area (Å²) in [6, 6.07) is 0.449. The second kappa shape index (κ2) is 5.86. The van der Waals surface area contributed by atoms with Crippen LogP contribution in [0.3, 0.4) is 0 Å². The normalized spacial score (nSPS) is 29.6. The summed E-state index contributed by atoms with van der Waals surface area (Å²) in [7, 11) is -3.79. The van der Waals surface area contributed by atoms with Crippen LogP contribution in [-0.4, -0.2) is 45.0 Å². The SMILES string of the molecule is CC(=O)N[C@@H]1[C@@H](NS(=O)(=O)c2cc(C(N)=O)cs2)[C@H]2CCO[C@H]21. The number of primary amides is 1. The number of rotatable bonds is 5. The van der Waals surface area contributed by atoms with Crippen LogP contribution in [0.5, 0.6) is 0 Å². The summed E-state index contributed by atoms with van der Waals surface area (Å²) in [5, 5.41) is 4.14. The van der Waals surface area contributed by atoms with Crippen molar-refractivity contribution in [1.82, 2.24) is 10.0 Å². The number of hydrogen-bond donors (Lipinski definition) is 3. The molecular formula is C13H17N3O5S2. The van der Waals surface area contributed by atoms with Gasteiger partial charge in [-0.25, -0.2) is 13.1 Å². The second-order valence-corrected chi connectivity index (χ2v) is 8.53. The molecule has 10 heteroatoms. The van der Waals surface area contributed by atoms with Gasteiger partial charge in [-0.05, 0) is 12.5 Å². The summed E-state index contributed by atoms with van der Waals surface area (Å²) in [5.41, 5.74) is 5.30. The molecule has 1 saturated carbocycles. The molecule has 1 aromatic rings. The van der Waals surface area contributed by atoms with Gasteiger partial charge < -0.3 is 15.8 Å². The van der Waals surface area contributed by atoms with Gasteiger partial charge in [0.05, 0.1) is 23.8 Å². The molecule has 0 bridgehead atoms. The Kier molecular flexibility index (Phi) is 4.17. The van der Waals surface area contributed by atoms with Crippen LogP contribution in [0.2, 0.25) is 0 Å². The first-order valence-electron chi connectivity index (χ1n) is 7.09. The van der Waals surface area contributed by atoms with Crippen molar-refractivity contribution in [3.63, 3.8) is 0 Å². The van der Waals surface area contributed by atoms with Crippen molar-refractivity contribution in [3.05, 3.63) is 17.0 Å². The zero-order valence-electron chi connectivity index (χ0n) is 12.3. The molecule has 0 unspecified atom stereocenters. The minimum absolute atomic E-state index is 0.0234. The summed E-state index contributed by atoms with van der Waals surface area (Å²) in [5.74, 6) is -0.871. The Balaban J connectivity index is 1.78. The van der Waals surface area contributed by atoms with Crippen LogP contribution in [0.4, 0.5) is 0 Å². The number of thiophene rings is 1. The first-order chi connectivity index (χ1) is 10.8. The highest BCUT2D eigenvalue weighted by atomic mass is 32.2. The van der Waals surface area contributed by atoms with Crippen LogP contribution in [0.1, 0.15) is 23.7 Å². The third kappa shape index (κ3) is 2.99. The van der Waals surface area contributed by atoms with Crippen LogP contribution in [-0.2, 0) is 19.6 Å². The zero-order chi connectivity index (χ0) is 16.8. The first-order valence-corrected chi connectivity index (χ1v) is 9.45. The van der Waals surface area contributed by atoms with Gasteiger partial charge in [0.15, 0.2) is 0 Å². The number of fused-ring (bicyclic) bond motifs is 1. The van der Waals surface area contributed by atoms with Crippen LogP contribution in [0.15, 0.2) is 15.7 Å². The highest BCUT2D eigenvalue weighted by Gasteiger charge is 2.55. The lowest BCUT2D eigenvalue weighted by Crippen LogP contribution is -2.70. The third-order valence-corrected chi connectivity index (χ3v) is 7.07. The largest absolute Gasteiger partial charge is 0.376 e. The van der Waals surface area contributed by atoms with Gasteiger partial charge in [-0.1, -0.05) is 0 Å². The number of ether oxygens (including phenoxy) is 1. The molecule has 0 radical (unpaired) electrons. The Morgan fingerprint density at radius 2 is 2.13 bits per heavy atom. The summed E-state index contributed by atoms with van der Waals surface area (Å²) in [4.78, 5) is 22.4. The minimum Gasteiger partial charge on any atom is -0.376 e. The molecule has 2 fully saturated rings. The number of carbonyl (C=O) groups is 2. The second-order valence-electron chi connectivity index (χ2n) is 5.68. The van der Waals surface area contributed by atoms with Crippen molar-refractivity contribution in [2.75, 3.05) is 6.61 Å². The fourth-order valence-corrected chi connectivity index (χ4v) is 5.59. The molecule has 2 heterocycles. The quantitative estimate of drug-likeness (QED) is 0.648. The lowest BCUT2D eigenvalue weighted by molar-refractivity contribution is -0.123. The van der Waals surface area contributed by atoms with E-state index >= 15 is 0 Å². The van der Waals surface area contributed by atoms with E-state index in [-0.39, 0.29) is 33.7 Å². The highest BCUT2D eigenvalue weighted by molar-refractivity contribution is 7.91. The Hall–Kier alpha value is -1.49. The molecule has 23 heavy (non-hydrogen) atoms. The van der Waals surface area contributed by atoms with Crippen molar-refractivity contribution in [3.8, 4) is 0 Å². The number of carbonyl (C=O) groups excluding carboxylic acids is 2. The van der Waals surface area contributed by atoms with Crippen molar-refractivity contribution >= 4 is 33.2 Å². The molecular weight excluding hydrogens is 342 g/mol. The molecule has 4 N–H and O–H groups in total. The lowest BCUT2D eigenvalue weighted by atomic mass is 9.72. The van der Waals surface area contributed by atoms with Crippen molar-refractivity contribution in [1.29, 1.82) is 0 Å². The lowest BCUT2D eigenvalue weighted by Gasteiger charge is -2.47. The van der Waals surface area contributed by atoms with Gasteiger partial charge >= 0.3 is 0 Å². The van der Waals surface area contributed by atoms with E-state index in [1.807, 2.05) is 0 Å². The minimum atomic E-state index is -3.79. The number of hydrogen-bond acceptors (Lipinski definition) is 6. The number of nitrogens with one attached hydrogen (secondary N) is 2. The Bertz CT molecular complexity index is 745. The number of nitrogens with two attached hydrogens (primary N) is 1. The first kappa shape index (κ1) is 16.4. The molecule has 4 atom stereocenters. The van der Waals surface area contributed by atoms with Crippen molar-refractivity contribution in [2.45, 2.75) is 35.7 Å². The Labute approximate surface area is 137 Å². The standard InChI is InChI=1S/C13H17N3O5S2/c1-6(17)15-11-10(8-2-3-21-12(8)11)16-23(19,20)9-4-7(5-22-9)13(14)18/h4-5,8,10-12,16H,2-3H2,1H3,(H2,14,18)(H,15,17)/t8-,10+,11-,12-/m1/s1. The summed E-state index contributed by atoms with van der Waals surface area (Å²) < 4.78 is 33.2. The zero-order valence-corrected chi connectivity index (χ0v) is 13.9. The van der Waals surface area contributed by atoms with Gasteiger partial charge in [0.25, 0.3) is 0 Å². The molecule has 3 rings (SSSR count). The van der Waals surface area contributed by atoms with E-state index in [4.69, 9.17) is 10.5 Å². The van der Waals surface area contributed by atoms with E-state index in [2.05, 4.69) is 10.0 Å². The van der Waals surface area contributed by atoms with Crippen LogP contribution < -0.4 is 15.8 Å².